The maximum absolute atomic E-state index is 11.9. The number of amides is 1. The monoisotopic (exact) mass is 402 g/mol. The molecule has 0 radical (unpaired) electrons. The minimum absolute atomic E-state index is 0.0602. The van der Waals surface area contributed by atoms with Crippen molar-refractivity contribution in [3.8, 4) is 0 Å². The van der Waals surface area contributed by atoms with E-state index in [0.717, 1.165) is 12.1 Å². The van der Waals surface area contributed by atoms with Gasteiger partial charge in [-0.1, -0.05) is 53.7 Å². The Kier molecular flexibility index (Phi) is 7.12. The van der Waals surface area contributed by atoms with E-state index in [1.807, 2.05) is 42.5 Å². The van der Waals surface area contributed by atoms with Crippen LogP contribution < -0.4 is 10.6 Å². The van der Waals surface area contributed by atoms with E-state index >= 15 is 0 Å². The average molecular weight is 403 g/mol. The maximum Gasteiger partial charge on any atom is 0.277 e. The van der Waals surface area contributed by atoms with E-state index in [0.29, 0.717) is 29.2 Å². The molecule has 8 heteroatoms. The number of carbonyl (C=O) groups is 1. The van der Waals surface area contributed by atoms with Crippen LogP contribution in [0, 0.1) is 0 Å². The summed E-state index contributed by atoms with van der Waals surface area (Å²) < 4.78 is 5.53. The Hall–Kier alpha value is -2.51. The summed E-state index contributed by atoms with van der Waals surface area (Å²) in [5.74, 6) is 0.632. The van der Waals surface area contributed by atoms with E-state index in [9.17, 15) is 4.79 Å². The first-order valence-electron chi connectivity index (χ1n) is 8.44. The smallest absolute Gasteiger partial charge is 0.277 e. The molecule has 140 valence electrons. The van der Waals surface area contributed by atoms with Gasteiger partial charge in [0.15, 0.2) is 0 Å². The van der Waals surface area contributed by atoms with Gasteiger partial charge < -0.3 is 15.1 Å². The van der Waals surface area contributed by atoms with Gasteiger partial charge in [0.1, 0.15) is 0 Å². The van der Waals surface area contributed by atoms with Crippen molar-refractivity contribution >= 4 is 35.0 Å². The molecule has 0 aliphatic heterocycles. The van der Waals surface area contributed by atoms with E-state index in [2.05, 4.69) is 20.8 Å². The molecular formula is C19H19ClN4O2S. The number of carbonyl (C=O) groups excluding carboxylic acids is 1. The summed E-state index contributed by atoms with van der Waals surface area (Å²) in [7, 11) is 0. The van der Waals surface area contributed by atoms with Gasteiger partial charge in [-0.15, -0.1) is 10.2 Å². The number of aromatic nitrogens is 2. The fourth-order valence-corrected chi connectivity index (χ4v) is 3.02. The van der Waals surface area contributed by atoms with Crippen LogP contribution in [0.3, 0.4) is 0 Å². The van der Waals surface area contributed by atoms with Crippen LogP contribution in [0.25, 0.3) is 0 Å². The number of benzene rings is 2. The molecule has 27 heavy (non-hydrogen) atoms. The summed E-state index contributed by atoms with van der Waals surface area (Å²) in [6.45, 7) is 1.00. The van der Waals surface area contributed by atoms with Crippen molar-refractivity contribution in [2.45, 2.75) is 18.2 Å². The van der Waals surface area contributed by atoms with Gasteiger partial charge in [0.25, 0.3) is 5.22 Å². The van der Waals surface area contributed by atoms with Crippen molar-refractivity contribution in [1.82, 2.24) is 15.5 Å². The second-order valence-corrected chi connectivity index (χ2v) is 7.06. The van der Waals surface area contributed by atoms with Gasteiger partial charge in [0, 0.05) is 17.3 Å². The van der Waals surface area contributed by atoms with Gasteiger partial charge in [0.2, 0.25) is 11.8 Å². The Morgan fingerprint density at radius 2 is 1.85 bits per heavy atom. The molecule has 0 bridgehead atoms. The minimum atomic E-state index is -0.0602. The second-order valence-electron chi connectivity index (χ2n) is 5.70. The summed E-state index contributed by atoms with van der Waals surface area (Å²) in [6, 6.07) is 17.4. The molecule has 2 aromatic carbocycles. The molecule has 1 heterocycles. The quantitative estimate of drug-likeness (QED) is 0.530. The third kappa shape index (κ3) is 6.62. The molecule has 6 nitrogen and oxygen atoms in total. The van der Waals surface area contributed by atoms with Crippen LogP contribution in [-0.2, 0) is 17.8 Å². The van der Waals surface area contributed by atoms with E-state index in [1.165, 1.54) is 17.3 Å². The lowest BCUT2D eigenvalue weighted by atomic mass is 10.1. The zero-order valence-electron chi connectivity index (χ0n) is 14.5. The molecule has 2 N–H and O–H groups in total. The largest absolute Gasteiger partial charge is 0.414 e. The Labute approximate surface area is 166 Å². The highest BCUT2D eigenvalue weighted by atomic mass is 35.5. The van der Waals surface area contributed by atoms with Crippen LogP contribution in [0.4, 0.5) is 5.69 Å². The molecule has 3 rings (SSSR count). The zero-order valence-corrected chi connectivity index (χ0v) is 16.1. The van der Waals surface area contributed by atoms with E-state index in [1.54, 1.807) is 12.1 Å². The van der Waals surface area contributed by atoms with Gasteiger partial charge >= 0.3 is 0 Å². The summed E-state index contributed by atoms with van der Waals surface area (Å²) in [4.78, 5) is 11.9. The van der Waals surface area contributed by atoms with Crippen molar-refractivity contribution in [2.75, 3.05) is 17.6 Å². The third-order valence-corrected chi connectivity index (χ3v) is 4.71. The molecule has 1 amide bonds. The Bertz CT molecular complexity index is 856. The molecule has 0 aliphatic carbocycles. The third-order valence-electron chi connectivity index (χ3n) is 3.64. The van der Waals surface area contributed by atoms with Gasteiger partial charge in [-0.25, -0.2) is 0 Å². The van der Waals surface area contributed by atoms with Crippen LogP contribution in [0.1, 0.15) is 11.5 Å². The van der Waals surface area contributed by atoms with Gasteiger partial charge in [-0.05, 0) is 36.2 Å². The lowest BCUT2D eigenvalue weighted by molar-refractivity contribution is -0.118. The highest BCUT2D eigenvalue weighted by Gasteiger charge is 2.09. The van der Waals surface area contributed by atoms with E-state index in [-0.39, 0.29) is 11.7 Å². The minimum Gasteiger partial charge on any atom is -0.414 e. The van der Waals surface area contributed by atoms with Crippen LogP contribution in [0.15, 0.2) is 64.2 Å². The Morgan fingerprint density at radius 3 is 2.63 bits per heavy atom. The molecule has 0 spiro atoms. The highest BCUT2D eigenvalue weighted by molar-refractivity contribution is 7.99. The van der Waals surface area contributed by atoms with Gasteiger partial charge in [0.05, 0.1) is 12.3 Å². The average Bonchev–Trinajstić information content (AvgIpc) is 3.15. The van der Waals surface area contributed by atoms with Gasteiger partial charge in [-0.3, -0.25) is 4.79 Å². The van der Waals surface area contributed by atoms with Crippen molar-refractivity contribution in [2.24, 2.45) is 0 Å². The molecule has 0 saturated carbocycles. The van der Waals surface area contributed by atoms with Crippen molar-refractivity contribution < 1.29 is 9.21 Å². The molecule has 1 aromatic heterocycles. The zero-order chi connectivity index (χ0) is 18.9. The summed E-state index contributed by atoms with van der Waals surface area (Å²) in [6.07, 6.45) is 0.804. The summed E-state index contributed by atoms with van der Waals surface area (Å²) in [5, 5.41) is 15.0. The molecule has 0 saturated heterocycles. The fraction of sp³-hybridized carbons (Fsp3) is 0.211. The predicted octanol–water partition coefficient (Wildman–Crippen LogP) is 3.79. The first-order valence-corrected chi connectivity index (χ1v) is 9.80. The topological polar surface area (TPSA) is 80.1 Å². The van der Waals surface area contributed by atoms with E-state index in [4.69, 9.17) is 16.0 Å². The lowest BCUT2D eigenvalue weighted by Crippen LogP contribution is -2.27. The molecule has 0 atom stereocenters. The Morgan fingerprint density at radius 1 is 1.07 bits per heavy atom. The lowest BCUT2D eigenvalue weighted by Gasteiger charge is -2.04. The summed E-state index contributed by atoms with van der Waals surface area (Å²) in [5.41, 5.74) is 2.10. The van der Waals surface area contributed by atoms with Crippen LogP contribution in [0.5, 0.6) is 0 Å². The Balaban J connectivity index is 1.36. The number of nitrogens with one attached hydrogen (secondary N) is 2. The van der Waals surface area contributed by atoms with Crippen molar-refractivity contribution in [3.05, 3.63) is 71.1 Å². The SMILES string of the molecule is O=C(CSc1nnc(CNc2ccc(Cl)cc2)o1)NCCc1ccccc1. The second kappa shape index (κ2) is 9.99. The molecule has 0 fully saturated rings. The van der Waals surface area contributed by atoms with Crippen LogP contribution in [0.2, 0.25) is 5.02 Å². The van der Waals surface area contributed by atoms with Crippen molar-refractivity contribution in [3.63, 3.8) is 0 Å². The number of nitrogens with zero attached hydrogens (tertiary/aromatic N) is 2. The van der Waals surface area contributed by atoms with Gasteiger partial charge in [-0.2, -0.15) is 0 Å². The first-order chi connectivity index (χ1) is 13.2. The number of thioether (sulfide) groups is 1. The summed E-state index contributed by atoms with van der Waals surface area (Å²) >= 11 is 7.07. The normalized spacial score (nSPS) is 10.6. The van der Waals surface area contributed by atoms with E-state index < -0.39 is 0 Å². The highest BCUT2D eigenvalue weighted by Crippen LogP contribution is 2.17. The number of rotatable bonds is 9. The van der Waals surface area contributed by atoms with Crippen LogP contribution in [-0.4, -0.2) is 28.4 Å². The van der Waals surface area contributed by atoms with Crippen molar-refractivity contribution in [1.29, 1.82) is 0 Å². The number of hydrogen-bond donors (Lipinski definition) is 2. The standard InChI is InChI=1S/C19H19ClN4O2S/c20-15-6-8-16(9-7-15)22-12-18-23-24-19(26-18)27-13-17(25)21-11-10-14-4-2-1-3-5-14/h1-9,22H,10-13H2,(H,21,25). The predicted molar refractivity (Wildman–Crippen MR) is 107 cm³/mol. The maximum atomic E-state index is 11.9. The fourth-order valence-electron chi connectivity index (χ4n) is 2.28. The molecule has 3 aromatic rings. The molecule has 0 unspecified atom stereocenters. The first kappa shape index (κ1) is 19.3. The number of hydrogen-bond acceptors (Lipinski definition) is 6. The molecular weight excluding hydrogens is 384 g/mol. The van der Waals surface area contributed by atoms with Crippen LogP contribution >= 0.6 is 23.4 Å². The molecule has 0 aliphatic rings. The number of halogens is 1. The number of anilines is 1.